The lowest BCUT2D eigenvalue weighted by atomic mass is 10.2. The SMILES string of the molecule is CCC(CC)n1ncn(-c2ccc(N3CCN(c4ccc(OCC5COC(Cn6cccn6)O5)cc4)CC3)cc2)c1=O. The van der Waals surface area contributed by atoms with Crippen molar-refractivity contribution in [2.45, 2.75) is 51.7 Å². The van der Waals surface area contributed by atoms with E-state index in [4.69, 9.17) is 14.2 Å². The van der Waals surface area contributed by atoms with Crippen molar-refractivity contribution in [3.05, 3.63) is 83.8 Å². The molecule has 6 rings (SSSR count). The van der Waals surface area contributed by atoms with E-state index in [9.17, 15) is 4.79 Å². The smallest absolute Gasteiger partial charge is 0.350 e. The van der Waals surface area contributed by atoms with Gasteiger partial charge in [0.25, 0.3) is 0 Å². The van der Waals surface area contributed by atoms with Crippen LogP contribution in [-0.4, -0.2) is 75.9 Å². The highest BCUT2D eigenvalue weighted by atomic mass is 16.7. The number of hydrogen-bond acceptors (Lipinski definition) is 8. The Morgan fingerprint density at radius 2 is 1.55 bits per heavy atom. The minimum absolute atomic E-state index is 0.0857. The second-order valence-corrected chi connectivity index (χ2v) is 10.7. The molecule has 0 aliphatic carbocycles. The molecule has 0 amide bonds. The zero-order valence-corrected chi connectivity index (χ0v) is 24.3. The Hall–Kier alpha value is -4.09. The van der Waals surface area contributed by atoms with E-state index in [1.54, 1.807) is 26.5 Å². The number of anilines is 2. The molecule has 0 N–H and O–H groups in total. The number of hydrogen-bond donors (Lipinski definition) is 0. The van der Waals surface area contributed by atoms with Crippen LogP contribution in [-0.2, 0) is 16.0 Å². The maximum absolute atomic E-state index is 12.9. The van der Waals surface area contributed by atoms with Crippen molar-refractivity contribution in [1.82, 2.24) is 24.1 Å². The van der Waals surface area contributed by atoms with E-state index in [0.29, 0.717) is 19.8 Å². The van der Waals surface area contributed by atoms with E-state index < -0.39 is 0 Å². The first-order valence-corrected chi connectivity index (χ1v) is 14.8. The lowest BCUT2D eigenvalue weighted by Crippen LogP contribution is -2.46. The van der Waals surface area contributed by atoms with Crippen molar-refractivity contribution in [2.24, 2.45) is 0 Å². The second-order valence-electron chi connectivity index (χ2n) is 10.7. The van der Waals surface area contributed by atoms with E-state index >= 15 is 0 Å². The molecule has 0 radical (unpaired) electrons. The summed E-state index contributed by atoms with van der Waals surface area (Å²) in [7, 11) is 0. The average molecular weight is 574 g/mol. The highest BCUT2D eigenvalue weighted by Gasteiger charge is 2.27. The molecule has 2 aromatic carbocycles. The van der Waals surface area contributed by atoms with Gasteiger partial charge in [0.05, 0.1) is 24.9 Å². The monoisotopic (exact) mass is 573 g/mol. The Balaban J connectivity index is 0.972. The molecule has 4 aromatic rings. The summed E-state index contributed by atoms with van der Waals surface area (Å²) >= 11 is 0. The van der Waals surface area contributed by atoms with Gasteiger partial charge in [-0.1, -0.05) is 13.8 Å². The molecule has 2 aromatic heterocycles. The molecular weight excluding hydrogens is 534 g/mol. The first kappa shape index (κ1) is 28.0. The lowest BCUT2D eigenvalue weighted by molar-refractivity contribution is -0.0744. The normalized spacial score (nSPS) is 19.1. The van der Waals surface area contributed by atoms with Crippen molar-refractivity contribution in [3.8, 4) is 11.4 Å². The molecule has 42 heavy (non-hydrogen) atoms. The molecular formula is C31H39N7O4. The van der Waals surface area contributed by atoms with Crippen molar-refractivity contribution in [1.29, 1.82) is 0 Å². The maximum Gasteiger partial charge on any atom is 0.350 e. The first-order valence-electron chi connectivity index (χ1n) is 14.8. The molecule has 4 heterocycles. The van der Waals surface area contributed by atoms with Crippen LogP contribution in [0.2, 0.25) is 0 Å². The van der Waals surface area contributed by atoms with Crippen LogP contribution in [0.5, 0.6) is 5.75 Å². The number of ether oxygens (including phenoxy) is 3. The van der Waals surface area contributed by atoms with Crippen molar-refractivity contribution < 1.29 is 14.2 Å². The second kappa shape index (κ2) is 12.8. The van der Waals surface area contributed by atoms with E-state index in [1.165, 1.54) is 5.69 Å². The Labute approximate surface area is 245 Å². The molecule has 2 fully saturated rings. The highest BCUT2D eigenvalue weighted by Crippen LogP contribution is 2.24. The number of nitrogens with zero attached hydrogens (tertiary/aromatic N) is 7. The molecule has 222 valence electrons. The molecule has 0 spiro atoms. The van der Waals surface area contributed by atoms with Gasteiger partial charge in [-0.05, 0) is 67.4 Å². The van der Waals surface area contributed by atoms with Crippen molar-refractivity contribution >= 4 is 11.4 Å². The van der Waals surface area contributed by atoms with Crippen LogP contribution in [0.25, 0.3) is 5.69 Å². The Morgan fingerprint density at radius 3 is 2.17 bits per heavy atom. The Morgan fingerprint density at radius 1 is 0.905 bits per heavy atom. The van der Waals surface area contributed by atoms with E-state index in [-0.39, 0.29) is 24.1 Å². The minimum atomic E-state index is -0.300. The van der Waals surface area contributed by atoms with Crippen molar-refractivity contribution in [3.63, 3.8) is 0 Å². The number of benzene rings is 2. The summed E-state index contributed by atoms with van der Waals surface area (Å²) in [6.07, 6.45) is 6.64. The van der Waals surface area contributed by atoms with Crippen LogP contribution >= 0.6 is 0 Å². The fraction of sp³-hybridized carbons (Fsp3) is 0.452. The third-order valence-corrected chi connectivity index (χ3v) is 8.10. The third-order valence-electron chi connectivity index (χ3n) is 8.10. The van der Waals surface area contributed by atoms with Crippen LogP contribution in [0, 0.1) is 0 Å². The Bertz CT molecular complexity index is 1450. The van der Waals surface area contributed by atoms with Crippen LogP contribution in [0.3, 0.4) is 0 Å². The molecule has 2 aliphatic rings. The largest absolute Gasteiger partial charge is 0.491 e. The van der Waals surface area contributed by atoms with Gasteiger partial charge >= 0.3 is 5.69 Å². The van der Waals surface area contributed by atoms with Gasteiger partial charge in [0.2, 0.25) is 0 Å². The summed E-state index contributed by atoms with van der Waals surface area (Å²) in [4.78, 5) is 17.7. The number of piperazine rings is 1. The van der Waals surface area contributed by atoms with Crippen LogP contribution in [0.1, 0.15) is 32.7 Å². The van der Waals surface area contributed by atoms with Gasteiger partial charge in [0.1, 0.15) is 24.8 Å². The van der Waals surface area contributed by atoms with Gasteiger partial charge in [-0.15, -0.1) is 0 Å². The standard InChI is InChI=1S/C31H39N7O4/c1-3-24(4-2)38-31(39)37(23-33-38)27-8-6-25(7-9-27)34-16-18-35(19-17-34)26-10-12-28(13-11-26)40-21-29-22-41-30(42-29)20-36-15-5-14-32-36/h5-15,23-24,29-30H,3-4,16-22H2,1-2H3. The maximum atomic E-state index is 12.9. The summed E-state index contributed by atoms with van der Waals surface area (Å²) < 4.78 is 22.7. The van der Waals surface area contributed by atoms with Crippen LogP contribution < -0.4 is 20.2 Å². The van der Waals surface area contributed by atoms with Crippen molar-refractivity contribution in [2.75, 3.05) is 49.2 Å². The van der Waals surface area contributed by atoms with Gasteiger partial charge in [-0.25, -0.2) is 14.0 Å². The molecule has 11 nitrogen and oxygen atoms in total. The molecule has 0 bridgehead atoms. The lowest BCUT2D eigenvalue weighted by Gasteiger charge is -2.37. The van der Waals surface area contributed by atoms with Gasteiger partial charge in [0.15, 0.2) is 6.29 Å². The highest BCUT2D eigenvalue weighted by molar-refractivity contribution is 5.54. The summed E-state index contributed by atoms with van der Waals surface area (Å²) in [6.45, 7) is 9.39. The number of rotatable bonds is 11. The molecule has 11 heteroatoms. The molecule has 0 saturated carbocycles. The first-order chi connectivity index (χ1) is 20.6. The summed E-state index contributed by atoms with van der Waals surface area (Å²) in [5.74, 6) is 0.821. The predicted octanol–water partition coefficient (Wildman–Crippen LogP) is 3.74. The zero-order valence-electron chi connectivity index (χ0n) is 24.3. The van der Waals surface area contributed by atoms with E-state index in [1.807, 2.05) is 36.5 Å². The van der Waals surface area contributed by atoms with Crippen LogP contribution in [0.4, 0.5) is 11.4 Å². The van der Waals surface area contributed by atoms with Gasteiger partial charge in [-0.3, -0.25) is 4.68 Å². The molecule has 2 unspecified atom stereocenters. The fourth-order valence-electron chi connectivity index (χ4n) is 5.62. The fourth-order valence-corrected chi connectivity index (χ4v) is 5.62. The number of aromatic nitrogens is 5. The van der Waals surface area contributed by atoms with Gasteiger partial charge in [0, 0.05) is 49.9 Å². The third kappa shape index (κ3) is 6.22. The minimum Gasteiger partial charge on any atom is -0.491 e. The van der Waals surface area contributed by atoms with Gasteiger partial charge in [-0.2, -0.15) is 10.2 Å². The zero-order chi connectivity index (χ0) is 28.9. The van der Waals surface area contributed by atoms with E-state index in [0.717, 1.165) is 56.1 Å². The summed E-state index contributed by atoms with van der Waals surface area (Å²) in [5, 5.41) is 8.56. The quantitative estimate of drug-likeness (QED) is 0.268. The molecule has 2 saturated heterocycles. The topological polar surface area (TPSA) is 91.8 Å². The predicted molar refractivity (Wildman–Crippen MR) is 161 cm³/mol. The summed E-state index contributed by atoms with van der Waals surface area (Å²) in [5.41, 5.74) is 3.10. The van der Waals surface area contributed by atoms with Crippen LogP contribution in [0.15, 0.2) is 78.1 Å². The average Bonchev–Trinajstić information content (AvgIpc) is 3.80. The van der Waals surface area contributed by atoms with E-state index in [2.05, 4.69) is 58.1 Å². The molecule has 2 atom stereocenters. The summed E-state index contributed by atoms with van der Waals surface area (Å²) in [6, 6.07) is 18.5. The van der Waals surface area contributed by atoms with Gasteiger partial charge < -0.3 is 24.0 Å². The molecule has 2 aliphatic heterocycles. The Kier molecular flexibility index (Phi) is 8.57.